The van der Waals surface area contributed by atoms with Gasteiger partial charge >= 0.3 is 29.7 Å². The van der Waals surface area contributed by atoms with Crippen molar-refractivity contribution in [1.82, 2.24) is 0 Å². The van der Waals surface area contributed by atoms with E-state index in [4.69, 9.17) is 14.2 Å². The predicted molar refractivity (Wildman–Crippen MR) is 240 cm³/mol. The van der Waals surface area contributed by atoms with Crippen molar-refractivity contribution < 1.29 is 50.1 Å². The third-order valence-corrected chi connectivity index (χ3v) is 15.1. The third-order valence-electron chi connectivity index (χ3n) is 10.7. The van der Waals surface area contributed by atoms with E-state index < -0.39 is 65.2 Å². The molecule has 334 valence electrons. The second-order valence-electron chi connectivity index (χ2n) is 15.3. The van der Waals surface area contributed by atoms with Crippen molar-refractivity contribution in [3.63, 3.8) is 0 Å². The number of carbonyl (C=O) groups excluding carboxylic acids is 2. The van der Waals surface area contributed by atoms with Gasteiger partial charge in [0.25, 0.3) is 0 Å². The maximum atomic E-state index is 15.7. The zero-order valence-electron chi connectivity index (χ0n) is 34.5. The zero-order valence-corrected chi connectivity index (χ0v) is 40.1. The lowest BCUT2D eigenvalue weighted by molar-refractivity contribution is -0.254. The quantitative estimate of drug-likeness (QED) is 0.0421. The molecule has 0 bridgehead atoms. The predicted octanol–water partition coefficient (Wildman–Crippen LogP) is 16.3. The van der Waals surface area contributed by atoms with E-state index in [1.807, 2.05) is 0 Å². The van der Waals surface area contributed by atoms with E-state index in [0.717, 1.165) is 54.1 Å². The van der Waals surface area contributed by atoms with Crippen LogP contribution < -0.4 is 4.74 Å². The fourth-order valence-electron chi connectivity index (χ4n) is 7.36. The first-order chi connectivity index (χ1) is 28.9. The van der Waals surface area contributed by atoms with Gasteiger partial charge in [-0.3, -0.25) is 0 Å². The standard InChI is InChI=1S/C45H50Br2F6O5S3/c1-5-7-9-11-12-14-16-29(15-13-10-8-6-2)24-56-31-19-17-30(18-20-31)41(54)57-25-32-21-34(27(3)59-32)38-39(44(50,51)45(52,53)43(38,48)49)35-22-33(60-28(35)4)26-58-42(55)36-23-37(46)61-40(36)47/h17-23,29H,5-16,24-26H2,1-4H3. The van der Waals surface area contributed by atoms with E-state index in [2.05, 4.69) is 45.7 Å². The minimum atomic E-state index is -5.76. The van der Waals surface area contributed by atoms with Gasteiger partial charge in [-0.25, -0.2) is 9.59 Å². The third kappa shape index (κ3) is 11.7. The first kappa shape index (κ1) is 49.4. The molecule has 0 fully saturated rings. The number of hydrogen-bond donors (Lipinski definition) is 0. The van der Waals surface area contributed by atoms with Crippen LogP contribution in [0.15, 0.2) is 50.0 Å². The number of benzene rings is 1. The van der Waals surface area contributed by atoms with Gasteiger partial charge < -0.3 is 14.2 Å². The second-order valence-corrected chi connectivity index (χ2v) is 21.8. The summed E-state index contributed by atoms with van der Waals surface area (Å²) < 4.78 is 111. The van der Waals surface area contributed by atoms with Gasteiger partial charge in [0, 0.05) is 30.7 Å². The van der Waals surface area contributed by atoms with Gasteiger partial charge in [-0.15, -0.1) is 34.0 Å². The van der Waals surface area contributed by atoms with Crippen LogP contribution in [-0.2, 0) is 22.7 Å². The van der Waals surface area contributed by atoms with Gasteiger partial charge in [0.2, 0.25) is 0 Å². The molecule has 0 aliphatic heterocycles. The van der Waals surface area contributed by atoms with E-state index in [0.29, 0.717) is 25.8 Å². The summed E-state index contributed by atoms with van der Waals surface area (Å²) in [5.41, 5.74) is -3.59. The highest BCUT2D eigenvalue weighted by Crippen LogP contribution is 2.65. The number of rotatable bonds is 23. The maximum Gasteiger partial charge on any atom is 0.380 e. The van der Waals surface area contributed by atoms with E-state index in [-0.39, 0.29) is 30.6 Å². The minimum Gasteiger partial charge on any atom is -0.493 e. The zero-order chi connectivity index (χ0) is 44.5. The molecule has 16 heteroatoms. The average Bonchev–Trinajstić information content (AvgIpc) is 3.91. The molecular formula is C45H50Br2F6O5S3. The number of halogens is 8. The summed E-state index contributed by atoms with van der Waals surface area (Å²) in [4.78, 5) is 26.2. The Bertz CT molecular complexity index is 2140. The van der Waals surface area contributed by atoms with Gasteiger partial charge in [-0.05, 0) is 118 Å². The molecule has 5 nitrogen and oxygen atoms in total. The number of alkyl halides is 6. The molecule has 5 rings (SSSR count). The van der Waals surface area contributed by atoms with Crippen LogP contribution in [0, 0.1) is 19.8 Å². The molecule has 0 saturated heterocycles. The van der Waals surface area contributed by atoms with Crippen molar-refractivity contribution in [2.45, 2.75) is 136 Å². The summed E-state index contributed by atoms with van der Waals surface area (Å²) in [6, 6.07) is 10.2. The molecule has 0 radical (unpaired) electrons. The molecule has 1 unspecified atom stereocenters. The lowest BCUT2D eigenvalue weighted by Gasteiger charge is -2.25. The van der Waals surface area contributed by atoms with Crippen molar-refractivity contribution in [2.75, 3.05) is 6.61 Å². The molecule has 1 aliphatic carbocycles. The van der Waals surface area contributed by atoms with Crippen molar-refractivity contribution >= 4 is 89.0 Å². The highest BCUT2D eigenvalue weighted by molar-refractivity contribution is 9.12. The Morgan fingerprint density at radius 3 is 1.62 bits per heavy atom. The first-order valence-corrected chi connectivity index (χ1v) is 24.6. The van der Waals surface area contributed by atoms with Gasteiger partial charge in [-0.1, -0.05) is 78.1 Å². The Balaban J connectivity index is 1.27. The van der Waals surface area contributed by atoms with Crippen LogP contribution in [0.5, 0.6) is 5.75 Å². The molecule has 1 aliphatic rings. The van der Waals surface area contributed by atoms with Gasteiger partial charge in [-0.2, -0.15) is 26.3 Å². The maximum absolute atomic E-state index is 15.7. The summed E-state index contributed by atoms with van der Waals surface area (Å²) in [5.74, 6) is -16.7. The molecule has 3 heterocycles. The number of hydrogen-bond acceptors (Lipinski definition) is 8. The Kier molecular flexibility index (Phi) is 17.7. The van der Waals surface area contributed by atoms with Gasteiger partial charge in [0.05, 0.1) is 25.3 Å². The highest BCUT2D eigenvalue weighted by Gasteiger charge is 2.80. The fraction of sp³-hybridized carbons (Fsp3) is 0.511. The van der Waals surface area contributed by atoms with Crippen LogP contribution in [0.3, 0.4) is 0 Å². The number of unbranched alkanes of at least 4 members (excludes halogenated alkanes) is 8. The van der Waals surface area contributed by atoms with Crippen LogP contribution in [0.2, 0.25) is 0 Å². The van der Waals surface area contributed by atoms with Crippen molar-refractivity contribution in [2.24, 2.45) is 5.92 Å². The van der Waals surface area contributed by atoms with Gasteiger partial charge in [0.15, 0.2) is 0 Å². The number of esters is 2. The number of ether oxygens (including phenoxy) is 3. The summed E-state index contributed by atoms with van der Waals surface area (Å²) in [7, 11) is 0. The molecule has 1 aromatic carbocycles. The summed E-state index contributed by atoms with van der Waals surface area (Å²) in [5, 5.41) is 0. The monoisotopic (exact) mass is 1040 g/mol. The first-order valence-electron chi connectivity index (χ1n) is 20.5. The van der Waals surface area contributed by atoms with Crippen LogP contribution in [0.1, 0.15) is 142 Å². The van der Waals surface area contributed by atoms with Crippen molar-refractivity contribution in [1.29, 1.82) is 0 Å². The largest absolute Gasteiger partial charge is 0.493 e. The minimum absolute atomic E-state index is 0.0556. The lowest BCUT2D eigenvalue weighted by Crippen LogP contribution is -2.48. The Morgan fingerprint density at radius 2 is 1.13 bits per heavy atom. The summed E-state index contributed by atoms with van der Waals surface area (Å²) in [6.07, 6.45) is 14.4. The van der Waals surface area contributed by atoms with E-state index >= 15 is 26.3 Å². The molecule has 0 amide bonds. The molecule has 0 spiro atoms. The number of carbonyl (C=O) groups is 2. The molecular weight excluding hydrogens is 990 g/mol. The molecule has 4 aromatic rings. The molecule has 61 heavy (non-hydrogen) atoms. The molecule has 0 saturated carbocycles. The summed E-state index contributed by atoms with van der Waals surface area (Å²) in [6.45, 7) is 6.87. The smallest absolute Gasteiger partial charge is 0.380 e. The fourth-order valence-corrected chi connectivity index (χ4v) is 12.0. The number of thiophene rings is 3. The van der Waals surface area contributed by atoms with Crippen LogP contribution in [0.25, 0.3) is 11.1 Å². The van der Waals surface area contributed by atoms with Crippen LogP contribution >= 0.6 is 65.9 Å². The van der Waals surface area contributed by atoms with E-state index in [1.165, 1.54) is 89.0 Å². The number of allylic oxidation sites excluding steroid dienone is 2. The summed E-state index contributed by atoms with van der Waals surface area (Å²) >= 11 is 9.50. The highest BCUT2D eigenvalue weighted by atomic mass is 79.9. The Morgan fingerprint density at radius 1 is 0.656 bits per heavy atom. The molecule has 0 N–H and O–H groups in total. The van der Waals surface area contributed by atoms with E-state index in [9.17, 15) is 9.59 Å². The second kappa shape index (κ2) is 21.8. The normalized spacial score (nSPS) is 15.9. The topological polar surface area (TPSA) is 61.8 Å². The molecule has 3 aromatic heterocycles. The Hall–Kier alpha value is -2.66. The average molecular weight is 1040 g/mol. The SMILES string of the molecule is CCCCCCCCC(CCCCCC)COc1ccc(C(=O)OCc2cc(C3=C(c4cc(COC(=O)c5cc(Br)sc5Br)sc4C)C(F)(F)C(F)(F)C3(F)F)c(C)s2)cc1. The van der Waals surface area contributed by atoms with Crippen LogP contribution in [-0.4, -0.2) is 36.3 Å². The van der Waals surface area contributed by atoms with Crippen LogP contribution in [0.4, 0.5) is 26.3 Å². The van der Waals surface area contributed by atoms with E-state index in [1.54, 1.807) is 24.3 Å². The molecule has 1 atom stereocenters. The Labute approximate surface area is 382 Å². The number of aryl methyl sites for hydroxylation is 2. The van der Waals surface area contributed by atoms with Crippen molar-refractivity contribution in [3.05, 3.63) is 91.8 Å². The van der Waals surface area contributed by atoms with Gasteiger partial charge in [0.1, 0.15) is 19.0 Å². The van der Waals surface area contributed by atoms with Crippen molar-refractivity contribution in [3.8, 4) is 5.75 Å². The lowest BCUT2D eigenvalue weighted by atomic mass is 9.95.